The summed E-state index contributed by atoms with van der Waals surface area (Å²) in [5.74, 6) is -0.378. The molecule has 4 rings (SSSR count). The maximum atomic E-state index is 14.5. The first-order valence-corrected chi connectivity index (χ1v) is 10.8. The van der Waals surface area contributed by atoms with Crippen LogP contribution in [-0.2, 0) is 21.7 Å². The number of hydrogen-bond acceptors (Lipinski definition) is 5. The maximum absolute atomic E-state index is 14.5. The molecule has 0 unspecified atom stereocenters. The van der Waals surface area contributed by atoms with E-state index >= 15 is 0 Å². The lowest BCUT2D eigenvalue weighted by molar-refractivity contribution is -0.162. The average Bonchev–Trinajstić information content (AvgIpc) is 2.77. The van der Waals surface area contributed by atoms with Gasteiger partial charge in [0.25, 0.3) is 6.43 Å². The number of nitrogens with one attached hydrogen (secondary N) is 1. The van der Waals surface area contributed by atoms with Gasteiger partial charge in [0, 0.05) is 54.5 Å². The number of benzene rings is 2. The van der Waals surface area contributed by atoms with Crippen LogP contribution in [0.15, 0.2) is 36.4 Å². The van der Waals surface area contributed by atoms with Crippen molar-refractivity contribution >= 4 is 22.5 Å². The number of alkyl halides is 2. The topological polar surface area (TPSA) is 63.7 Å². The maximum Gasteiger partial charge on any atom is 0.266 e. The molecule has 34 heavy (non-hydrogen) atoms. The van der Waals surface area contributed by atoms with E-state index in [1.54, 1.807) is 25.2 Å². The highest BCUT2D eigenvalue weighted by Crippen LogP contribution is 2.43. The van der Waals surface area contributed by atoms with E-state index in [9.17, 15) is 18.0 Å². The standard InChI is InChI=1S/C25H26F3N3O3/c1-14-8-20(29-11-16-6-5-7-17(23(16)26)24(27)28)18-9-19(22(33-3)10-21(18)30-14)25(34-4)12-31(13-25)15(2)32/h5-10,24H,11-13H2,1-4H3,(H,29,30). The number of aromatic nitrogens is 1. The zero-order valence-corrected chi connectivity index (χ0v) is 19.4. The highest BCUT2D eigenvalue weighted by molar-refractivity contribution is 5.93. The number of carbonyl (C=O) groups excluding carboxylic acids is 1. The van der Waals surface area contributed by atoms with Crippen molar-refractivity contribution in [1.29, 1.82) is 0 Å². The third kappa shape index (κ3) is 4.16. The second-order valence-corrected chi connectivity index (χ2v) is 8.43. The molecule has 0 saturated carbocycles. The molecule has 180 valence electrons. The quantitative estimate of drug-likeness (QED) is 0.527. The van der Waals surface area contributed by atoms with E-state index in [1.807, 2.05) is 19.1 Å². The van der Waals surface area contributed by atoms with E-state index in [4.69, 9.17) is 9.47 Å². The van der Waals surface area contributed by atoms with Crippen molar-refractivity contribution in [1.82, 2.24) is 9.88 Å². The Kier molecular flexibility index (Phi) is 6.40. The minimum absolute atomic E-state index is 0.0137. The molecule has 1 fully saturated rings. The Bertz CT molecular complexity index is 1240. The van der Waals surface area contributed by atoms with Crippen molar-refractivity contribution in [2.45, 2.75) is 32.4 Å². The Morgan fingerprint density at radius 1 is 1.24 bits per heavy atom. The van der Waals surface area contributed by atoms with E-state index in [0.29, 0.717) is 30.0 Å². The fourth-order valence-corrected chi connectivity index (χ4v) is 4.35. The number of nitrogens with zero attached hydrogens (tertiary/aromatic N) is 2. The molecule has 0 radical (unpaired) electrons. The van der Waals surface area contributed by atoms with Gasteiger partial charge in [-0.05, 0) is 19.1 Å². The summed E-state index contributed by atoms with van der Waals surface area (Å²) in [6.45, 7) is 4.12. The van der Waals surface area contributed by atoms with Gasteiger partial charge in [-0.25, -0.2) is 13.2 Å². The molecular weight excluding hydrogens is 447 g/mol. The van der Waals surface area contributed by atoms with Crippen molar-refractivity contribution in [2.24, 2.45) is 0 Å². The van der Waals surface area contributed by atoms with Crippen LogP contribution in [0.3, 0.4) is 0 Å². The molecule has 1 saturated heterocycles. The Morgan fingerprint density at radius 2 is 1.97 bits per heavy atom. The molecule has 9 heteroatoms. The summed E-state index contributed by atoms with van der Waals surface area (Å²) in [6, 6.07) is 9.49. The number of methoxy groups -OCH3 is 2. The molecule has 0 bridgehead atoms. The normalized spacial score (nSPS) is 14.9. The number of carbonyl (C=O) groups is 1. The Morgan fingerprint density at radius 3 is 2.59 bits per heavy atom. The summed E-state index contributed by atoms with van der Waals surface area (Å²) in [5.41, 5.74) is 1.59. The average molecular weight is 473 g/mol. The molecule has 0 spiro atoms. The van der Waals surface area contributed by atoms with Gasteiger partial charge in [-0.1, -0.05) is 18.2 Å². The Balaban J connectivity index is 1.74. The van der Waals surface area contributed by atoms with E-state index in [2.05, 4.69) is 10.3 Å². The number of anilines is 1. The van der Waals surface area contributed by atoms with Gasteiger partial charge in [0.05, 0.1) is 31.3 Å². The van der Waals surface area contributed by atoms with Crippen LogP contribution in [0.1, 0.15) is 35.7 Å². The molecule has 3 aromatic rings. The molecule has 6 nitrogen and oxygen atoms in total. The highest BCUT2D eigenvalue weighted by atomic mass is 19.3. The van der Waals surface area contributed by atoms with E-state index < -0.39 is 23.4 Å². The van der Waals surface area contributed by atoms with Crippen LogP contribution < -0.4 is 10.1 Å². The summed E-state index contributed by atoms with van der Waals surface area (Å²) >= 11 is 0. The van der Waals surface area contributed by atoms with E-state index in [1.165, 1.54) is 19.1 Å². The largest absolute Gasteiger partial charge is 0.496 e. The van der Waals surface area contributed by atoms with Gasteiger partial charge < -0.3 is 19.7 Å². The molecule has 0 atom stereocenters. The molecule has 1 N–H and O–H groups in total. The third-order valence-electron chi connectivity index (χ3n) is 6.29. The molecule has 1 aliphatic rings. The summed E-state index contributed by atoms with van der Waals surface area (Å²) in [5, 5.41) is 3.92. The van der Waals surface area contributed by atoms with Crippen LogP contribution in [0.5, 0.6) is 5.75 Å². The molecule has 1 aromatic heterocycles. The number of ether oxygens (including phenoxy) is 2. The first-order valence-electron chi connectivity index (χ1n) is 10.8. The van der Waals surface area contributed by atoms with Crippen molar-refractivity contribution in [3.63, 3.8) is 0 Å². The van der Waals surface area contributed by atoms with Gasteiger partial charge in [-0.2, -0.15) is 0 Å². The summed E-state index contributed by atoms with van der Waals surface area (Å²) in [4.78, 5) is 18.0. The molecular formula is C25H26F3N3O3. The smallest absolute Gasteiger partial charge is 0.266 e. The van der Waals surface area contributed by atoms with Gasteiger partial charge in [0.2, 0.25) is 5.91 Å². The third-order valence-corrected chi connectivity index (χ3v) is 6.29. The fourth-order valence-electron chi connectivity index (χ4n) is 4.35. The van der Waals surface area contributed by atoms with Crippen molar-refractivity contribution in [3.8, 4) is 5.75 Å². The van der Waals surface area contributed by atoms with Gasteiger partial charge in [-0.3, -0.25) is 9.78 Å². The second-order valence-electron chi connectivity index (χ2n) is 8.43. The van der Waals surface area contributed by atoms with Crippen molar-refractivity contribution in [2.75, 3.05) is 32.6 Å². The van der Waals surface area contributed by atoms with Gasteiger partial charge in [0.15, 0.2) is 0 Å². The molecule has 1 amide bonds. The number of amides is 1. The number of halogens is 3. The molecule has 2 aromatic carbocycles. The number of fused-ring (bicyclic) bond motifs is 1. The number of likely N-dealkylation sites (tertiary alicyclic amines) is 1. The first-order chi connectivity index (χ1) is 16.2. The first kappa shape index (κ1) is 23.8. The van der Waals surface area contributed by atoms with Crippen LogP contribution in [-0.4, -0.2) is 43.1 Å². The second kappa shape index (κ2) is 9.13. The van der Waals surface area contributed by atoms with E-state index in [-0.39, 0.29) is 18.0 Å². The predicted octanol–water partition coefficient (Wildman–Crippen LogP) is 4.94. The molecule has 2 heterocycles. The SMILES string of the molecule is COc1cc2nc(C)cc(NCc3cccc(C(F)F)c3F)c2cc1C1(OC)CN(C(C)=O)C1. The molecule has 1 aliphatic heterocycles. The predicted molar refractivity (Wildman–Crippen MR) is 123 cm³/mol. The zero-order chi connectivity index (χ0) is 24.6. The lowest BCUT2D eigenvalue weighted by Gasteiger charge is -2.49. The minimum atomic E-state index is -2.89. The Hall–Kier alpha value is -3.33. The minimum Gasteiger partial charge on any atom is -0.496 e. The monoisotopic (exact) mass is 473 g/mol. The lowest BCUT2D eigenvalue weighted by atomic mass is 9.84. The number of aryl methyl sites for hydroxylation is 1. The van der Waals surface area contributed by atoms with Crippen LogP contribution in [0.2, 0.25) is 0 Å². The number of pyridine rings is 1. The van der Waals surface area contributed by atoms with Crippen LogP contribution in [0.25, 0.3) is 10.9 Å². The summed E-state index contributed by atoms with van der Waals surface area (Å²) in [6.07, 6.45) is -2.89. The fraction of sp³-hybridized carbons (Fsp3) is 0.360. The van der Waals surface area contributed by atoms with Gasteiger partial charge in [0.1, 0.15) is 17.2 Å². The number of hydrogen-bond donors (Lipinski definition) is 1. The highest BCUT2D eigenvalue weighted by Gasteiger charge is 2.48. The van der Waals surface area contributed by atoms with Crippen LogP contribution in [0.4, 0.5) is 18.9 Å². The zero-order valence-electron chi connectivity index (χ0n) is 19.4. The van der Waals surface area contributed by atoms with Crippen molar-refractivity contribution in [3.05, 3.63) is 64.6 Å². The van der Waals surface area contributed by atoms with Crippen LogP contribution >= 0.6 is 0 Å². The summed E-state index contributed by atoms with van der Waals surface area (Å²) < 4.78 is 52.2. The van der Waals surface area contributed by atoms with Gasteiger partial charge in [-0.15, -0.1) is 0 Å². The molecule has 0 aliphatic carbocycles. The summed E-state index contributed by atoms with van der Waals surface area (Å²) in [7, 11) is 3.15. The van der Waals surface area contributed by atoms with Crippen LogP contribution in [0, 0.1) is 12.7 Å². The lowest BCUT2D eigenvalue weighted by Crippen LogP contribution is -2.61. The van der Waals surface area contributed by atoms with Crippen molar-refractivity contribution < 1.29 is 27.4 Å². The van der Waals surface area contributed by atoms with Gasteiger partial charge >= 0.3 is 0 Å². The number of rotatable bonds is 7. The van der Waals surface area contributed by atoms with E-state index in [0.717, 1.165) is 22.7 Å². The Labute approximate surface area is 195 Å².